The lowest BCUT2D eigenvalue weighted by Gasteiger charge is -2.12. The largest absolute Gasteiger partial charge is 0.493 e. The summed E-state index contributed by atoms with van der Waals surface area (Å²) in [6, 6.07) is 4.73. The van der Waals surface area contributed by atoms with E-state index in [9.17, 15) is 13.6 Å². The Morgan fingerprint density at radius 3 is 2.55 bits per heavy atom. The SMILES string of the molecule is COc1cc(CCNC(=O)C(C)C)ccc1OC(F)F. The smallest absolute Gasteiger partial charge is 0.387 e. The molecule has 1 amide bonds. The Kier molecular flexibility index (Phi) is 6.21. The van der Waals surface area contributed by atoms with Gasteiger partial charge in [-0.05, 0) is 24.1 Å². The first-order chi connectivity index (χ1) is 9.43. The number of alkyl halides is 2. The second-order valence-electron chi connectivity index (χ2n) is 4.56. The topological polar surface area (TPSA) is 47.6 Å². The molecule has 0 saturated heterocycles. The Bertz CT molecular complexity index is 450. The fraction of sp³-hybridized carbons (Fsp3) is 0.500. The van der Waals surface area contributed by atoms with Crippen molar-refractivity contribution in [1.82, 2.24) is 5.32 Å². The number of carbonyl (C=O) groups excluding carboxylic acids is 1. The highest BCUT2D eigenvalue weighted by Crippen LogP contribution is 2.29. The van der Waals surface area contributed by atoms with Gasteiger partial charge in [-0.15, -0.1) is 0 Å². The Morgan fingerprint density at radius 2 is 2.00 bits per heavy atom. The highest BCUT2D eigenvalue weighted by atomic mass is 19.3. The second kappa shape index (κ2) is 7.67. The molecule has 0 unspecified atom stereocenters. The average Bonchev–Trinajstić information content (AvgIpc) is 2.39. The lowest BCUT2D eigenvalue weighted by atomic mass is 10.1. The Labute approximate surface area is 117 Å². The van der Waals surface area contributed by atoms with E-state index in [1.165, 1.54) is 13.2 Å². The third-order valence-electron chi connectivity index (χ3n) is 2.68. The van der Waals surface area contributed by atoms with Crippen molar-refractivity contribution in [3.63, 3.8) is 0 Å². The van der Waals surface area contributed by atoms with Gasteiger partial charge in [-0.1, -0.05) is 19.9 Å². The van der Waals surface area contributed by atoms with Crippen LogP contribution < -0.4 is 14.8 Å². The summed E-state index contributed by atoms with van der Waals surface area (Å²) in [6.07, 6.45) is 0.587. The fourth-order valence-electron chi connectivity index (χ4n) is 1.60. The van der Waals surface area contributed by atoms with Crippen LogP contribution in [0, 0.1) is 5.92 Å². The van der Waals surface area contributed by atoms with Crippen molar-refractivity contribution in [2.24, 2.45) is 5.92 Å². The van der Waals surface area contributed by atoms with Crippen LogP contribution in [-0.2, 0) is 11.2 Å². The maximum Gasteiger partial charge on any atom is 0.387 e. The van der Waals surface area contributed by atoms with Gasteiger partial charge in [-0.2, -0.15) is 8.78 Å². The van der Waals surface area contributed by atoms with Gasteiger partial charge in [0.2, 0.25) is 5.91 Å². The van der Waals surface area contributed by atoms with Gasteiger partial charge in [0.05, 0.1) is 7.11 Å². The summed E-state index contributed by atoms with van der Waals surface area (Å²) in [7, 11) is 1.39. The number of hydrogen-bond donors (Lipinski definition) is 1. The van der Waals surface area contributed by atoms with Crippen molar-refractivity contribution >= 4 is 5.91 Å². The van der Waals surface area contributed by atoms with Gasteiger partial charge in [0.15, 0.2) is 11.5 Å². The zero-order chi connectivity index (χ0) is 15.1. The summed E-state index contributed by atoms with van der Waals surface area (Å²) in [5.41, 5.74) is 0.868. The van der Waals surface area contributed by atoms with E-state index in [-0.39, 0.29) is 23.3 Å². The average molecular weight is 287 g/mol. The van der Waals surface area contributed by atoms with Crippen LogP contribution in [0.4, 0.5) is 8.78 Å². The molecule has 4 nitrogen and oxygen atoms in total. The Morgan fingerprint density at radius 1 is 1.30 bits per heavy atom. The van der Waals surface area contributed by atoms with Crippen LogP contribution in [0.3, 0.4) is 0 Å². The molecule has 1 N–H and O–H groups in total. The molecular formula is C14H19F2NO3. The van der Waals surface area contributed by atoms with E-state index < -0.39 is 6.61 Å². The van der Waals surface area contributed by atoms with E-state index in [1.54, 1.807) is 12.1 Å². The predicted octanol–water partition coefficient (Wildman–Crippen LogP) is 2.61. The van der Waals surface area contributed by atoms with Crippen molar-refractivity contribution < 1.29 is 23.0 Å². The molecule has 0 fully saturated rings. The number of hydrogen-bond acceptors (Lipinski definition) is 3. The molecule has 0 aliphatic rings. The van der Waals surface area contributed by atoms with Gasteiger partial charge in [0.1, 0.15) is 0 Å². The molecule has 0 spiro atoms. The third-order valence-corrected chi connectivity index (χ3v) is 2.68. The first-order valence-electron chi connectivity index (χ1n) is 6.33. The minimum atomic E-state index is -2.89. The quantitative estimate of drug-likeness (QED) is 0.838. The van der Waals surface area contributed by atoms with Crippen LogP contribution in [0.2, 0.25) is 0 Å². The maximum atomic E-state index is 12.2. The lowest BCUT2D eigenvalue weighted by molar-refractivity contribution is -0.123. The van der Waals surface area contributed by atoms with Crippen molar-refractivity contribution in [2.45, 2.75) is 26.9 Å². The van der Waals surface area contributed by atoms with E-state index in [0.717, 1.165) is 5.56 Å². The summed E-state index contributed by atoms with van der Waals surface area (Å²) in [5.74, 6) is 0.163. The lowest BCUT2D eigenvalue weighted by Crippen LogP contribution is -2.29. The maximum absolute atomic E-state index is 12.2. The summed E-state index contributed by atoms with van der Waals surface area (Å²) in [5, 5.41) is 2.78. The molecule has 20 heavy (non-hydrogen) atoms. The molecule has 1 aromatic carbocycles. The molecule has 0 saturated carbocycles. The van der Waals surface area contributed by atoms with E-state index in [4.69, 9.17) is 4.74 Å². The van der Waals surface area contributed by atoms with Crippen LogP contribution in [0.5, 0.6) is 11.5 Å². The van der Waals surface area contributed by atoms with Crippen LogP contribution in [0.25, 0.3) is 0 Å². The molecular weight excluding hydrogens is 268 g/mol. The van der Waals surface area contributed by atoms with Crippen LogP contribution >= 0.6 is 0 Å². The number of benzene rings is 1. The molecule has 0 aliphatic carbocycles. The minimum Gasteiger partial charge on any atom is -0.493 e. The highest BCUT2D eigenvalue weighted by molar-refractivity contribution is 5.77. The molecule has 0 atom stereocenters. The summed E-state index contributed by atoms with van der Waals surface area (Å²) in [6.45, 7) is 1.22. The van der Waals surface area contributed by atoms with Gasteiger partial charge >= 0.3 is 6.61 Å². The monoisotopic (exact) mass is 287 g/mol. The molecule has 0 heterocycles. The van der Waals surface area contributed by atoms with Crippen LogP contribution in [-0.4, -0.2) is 26.2 Å². The minimum absolute atomic E-state index is 0.00235. The predicted molar refractivity (Wildman–Crippen MR) is 71.2 cm³/mol. The number of methoxy groups -OCH3 is 1. The first-order valence-corrected chi connectivity index (χ1v) is 6.33. The summed E-state index contributed by atoms with van der Waals surface area (Å²) in [4.78, 5) is 11.4. The first kappa shape index (κ1) is 16.2. The number of rotatable bonds is 7. The molecule has 1 aromatic rings. The Balaban J connectivity index is 2.61. The van der Waals surface area contributed by atoms with Gasteiger partial charge in [-0.3, -0.25) is 4.79 Å². The molecule has 0 aliphatic heterocycles. The number of carbonyl (C=O) groups is 1. The van der Waals surface area contributed by atoms with Crippen molar-refractivity contribution in [1.29, 1.82) is 0 Å². The number of amides is 1. The van der Waals surface area contributed by atoms with Crippen molar-refractivity contribution in [2.75, 3.05) is 13.7 Å². The van der Waals surface area contributed by atoms with Crippen LogP contribution in [0.1, 0.15) is 19.4 Å². The second-order valence-corrected chi connectivity index (χ2v) is 4.56. The van der Waals surface area contributed by atoms with Gasteiger partial charge in [0.25, 0.3) is 0 Å². The van der Waals surface area contributed by atoms with Crippen molar-refractivity contribution in [3.8, 4) is 11.5 Å². The third kappa shape index (κ3) is 5.03. The molecule has 0 aromatic heterocycles. The molecule has 0 bridgehead atoms. The van der Waals surface area contributed by atoms with E-state index in [0.29, 0.717) is 13.0 Å². The molecule has 1 rings (SSSR count). The standard InChI is InChI=1S/C14H19F2NO3/c1-9(2)13(18)17-7-6-10-4-5-11(20-14(15)16)12(8-10)19-3/h4-5,8-9,14H,6-7H2,1-3H3,(H,17,18). The zero-order valence-electron chi connectivity index (χ0n) is 11.8. The number of nitrogens with one attached hydrogen (secondary N) is 1. The fourth-order valence-corrected chi connectivity index (χ4v) is 1.60. The highest BCUT2D eigenvalue weighted by Gasteiger charge is 2.11. The normalized spacial score (nSPS) is 10.8. The summed E-state index contributed by atoms with van der Waals surface area (Å²) < 4.78 is 33.7. The summed E-state index contributed by atoms with van der Waals surface area (Å²) >= 11 is 0. The van der Waals surface area contributed by atoms with Gasteiger partial charge in [-0.25, -0.2) is 0 Å². The van der Waals surface area contributed by atoms with Crippen LogP contribution in [0.15, 0.2) is 18.2 Å². The molecule has 6 heteroatoms. The molecule has 0 radical (unpaired) electrons. The van der Waals surface area contributed by atoms with Crippen molar-refractivity contribution in [3.05, 3.63) is 23.8 Å². The van der Waals surface area contributed by atoms with E-state index >= 15 is 0 Å². The number of ether oxygens (including phenoxy) is 2. The molecule has 112 valence electrons. The number of halogens is 2. The van der Waals surface area contributed by atoms with Gasteiger partial charge < -0.3 is 14.8 Å². The van der Waals surface area contributed by atoms with Gasteiger partial charge in [0, 0.05) is 12.5 Å². The Hall–Kier alpha value is -1.85. The van der Waals surface area contributed by atoms with E-state index in [2.05, 4.69) is 10.1 Å². The van der Waals surface area contributed by atoms with E-state index in [1.807, 2.05) is 13.8 Å². The zero-order valence-corrected chi connectivity index (χ0v) is 11.8.